The minimum Gasteiger partial charge on any atom is -0.332 e. The molecule has 7 heteroatoms. The fourth-order valence-electron chi connectivity index (χ4n) is 3.92. The Hall–Kier alpha value is -2.44. The average Bonchev–Trinajstić information content (AvgIpc) is 2.71. The van der Waals surface area contributed by atoms with Crippen LogP contribution in [0.15, 0.2) is 41.2 Å². The highest BCUT2D eigenvalue weighted by Crippen LogP contribution is 2.27. The van der Waals surface area contributed by atoms with Crippen LogP contribution >= 0.6 is 23.8 Å². The molecule has 1 heterocycles. The van der Waals surface area contributed by atoms with Crippen LogP contribution in [-0.2, 0) is 0 Å². The number of amides is 1. The minimum absolute atomic E-state index is 0.0899. The lowest BCUT2D eigenvalue weighted by atomic mass is 9.95. The van der Waals surface area contributed by atoms with Gasteiger partial charge in [0.25, 0.3) is 11.5 Å². The Morgan fingerprint density at radius 2 is 1.93 bits per heavy atom. The van der Waals surface area contributed by atoms with Gasteiger partial charge in [0.15, 0.2) is 4.77 Å². The van der Waals surface area contributed by atoms with Gasteiger partial charge >= 0.3 is 0 Å². The molecule has 0 aliphatic heterocycles. The predicted molar refractivity (Wildman–Crippen MR) is 120 cm³/mol. The summed E-state index contributed by atoms with van der Waals surface area (Å²) in [5, 5.41) is 3.97. The van der Waals surface area contributed by atoms with Gasteiger partial charge in [-0.25, -0.2) is 0 Å². The van der Waals surface area contributed by atoms with Gasteiger partial charge in [-0.3, -0.25) is 14.2 Å². The molecule has 29 heavy (non-hydrogen) atoms. The number of benzene rings is 2. The Labute approximate surface area is 178 Å². The molecule has 1 fully saturated rings. The molecule has 0 spiro atoms. The van der Waals surface area contributed by atoms with Gasteiger partial charge in [0, 0.05) is 22.3 Å². The predicted octanol–water partition coefficient (Wildman–Crippen LogP) is 5.78. The van der Waals surface area contributed by atoms with Crippen molar-refractivity contribution in [1.82, 2.24) is 9.55 Å². The van der Waals surface area contributed by atoms with Crippen LogP contribution in [0.2, 0.25) is 5.02 Å². The number of H-pyrrole nitrogens is 1. The van der Waals surface area contributed by atoms with Crippen molar-refractivity contribution >= 4 is 46.3 Å². The molecule has 1 aliphatic carbocycles. The third-order valence-corrected chi connectivity index (χ3v) is 6.27. The van der Waals surface area contributed by atoms with E-state index in [0.717, 1.165) is 31.2 Å². The summed E-state index contributed by atoms with van der Waals surface area (Å²) in [6, 6.07) is 10.5. The van der Waals surface area contributed by atoms with Crippen LogP contribution in [0.1, 0.15) is 54.1 Å². The first kappa shape index (κ1) is 19.9. The van der Waals surface area contributed by atoms with E-state index in [0.29, 0.717) is 31.9 Å². The van der Waals surface area contributed by atoms with Crippen LogP contribution in [0.4, 0.5) is 5.69 Å². The minimum atomic E-state index is -0.275. The van der Waals surface area contributed by atoms with Crippen LogP contribution < -0.4 is 10.9 Å². The Morgan fingerprint density at radius 3 is 2.66 bits per heavy atom. The van der Waals surface area contributed by atoms with E-state index >= 15 is 0 Å². The Morgan fingerprint density at radius 1 is 1.17 bits per heavy atom. The Bertz CT molecular complexity index is 1210. The zero-order valence-electron chi connectivity index (χ0n) is 16.1. The number of aryl methyl sites for hydroxylation is 1. The molecule has 5 nitrogen and oxygen atoms in total. The van der Waals surface area contributed by atoms with E-state index in [9.17, 15) is 9.59 Å². The van der Waals surface area contributed by atoms with Gasteiger partial charge in [-0.05, 0) is 67.9 Å². The number of rotatable bonds is 3. The van der Waals surface area contributed by atoms with Crippen LogP contribution in [0.25, 0.3) is 10.9 Å². The summed E-state index contributed by atoms with van der Waals surface area (Å²) in [6.07, 6.45) is 5.39. The van der Waals surface area contributed by atoms with Gasteiger partial charge in [-0.1, -0.05) is 36.9 Å². The number of nitrogens with one attached hydrogen (secondary N) is 2. The molecule has 1 aliphatic rings. The summed E-state index contributed by atoms with van der Waals surface area (Å²) in [6.45, 7) is 1.90. The fourth-order valence-corrected chi connectivity index (χ4v) is 4.44. The number of aromatic nitrogens is 2. The molecular formula is C22H22ClN3O2S. The molecule has 0 unspecified atom stereocenters. The molecule has 0 atom stereocenters. The maximum absolute atomic E-state index is 13.1. The van der Waals surface area contributed by atoms with Gasteiger partial charge in [-0.15, -0.1) is 0 Å². The summed E-state index contributed by atoms with van der Waals surface area (Å²) >= 11 is 11.6. The molecule has 2 N–H and O–H groups in total. The normalized spacial score (nSPS) is 14.8. The number of hydrogen-bond donors (Lipinski definition) is 2. The third-order valence-electron chi connectivity index (χ3n) is 5.56. The maximum atomic E-state index is 13.1. The van der Waals surface area contributed by atoms with Gasteiger partial charge in [-0.2, -0.15) is 0 Å². The molecule has 1 aromatic heterocycles. The summed E-state index contributed by atoms with van der Waals surface area (Å²) in [5.41, 5.74) is 2.48. The second-order valence-electron chi connectivity index (χ2n) is 7.58. The van der Waals surface area contributed by atoms with Crippen LogP contribution in [0.5, 0.6) is 0 Å². The van der Waals surface area contributed by atoms with Crippen molar-refractivity contribution in [3.8, 4) is 0 Å². The van der Waals surface area contributed by atoms with E-state index in [-0.39, 0.29) is 17.5 Å². The second kappa shape index (κ2) is 8.13. The molecule has 150 valence electrons. The van der Waals surface area contributed by atoms with Crippen molar-refractivity contribution in [1.29, 1.82) is 0 Å². The zero-order chi connectivity index (χ0) is 20.5. The number of aromatic amines is 1. The molecule has 0 radical (unpaired) electrons. The van der Waals surface area contributed by atoms with E-state index in [4.69, 9.17) is 23.8 Å². The number of anilines is 1. The first-order valence-electron chi connectivity index (χ1n) is 9.80. The second-order valence-corrected chi connectivity index (χ2v) is 8.37. The first-order chi connectivity index (χ1) is 13.9. The van der Waals surface area contributed by atoms with Crippen LogP contribution in [0.3, 0.4) is 0 Å². The zero-order valence-corrected chi connectivity index (χ0v) is 17.7. The lowest BCUT2D eigenvalue weighted by molar-refractivity contribution is 0.102. The number of hydrogen-bond acceptors (Lipinski definition) is 3. The molecule has 4 rings (SSSR count). The van der Waals surface area contributed by atoms with Crippen molar-refractivity contribution in [3.05, 3.63) is 67.7 Å². The van der Waals surface area contributed by atoms with Gasteiger partial charge in [0.2, 0.25) is 0 Å². The highest BCUT2D eigenvalue weighted by molar-refractivity contribution is 7.71. The monoisotopic (exact) mass is 427 g/mol. The smallest absolute Gasteiger partial charge is 0.262 e. The lowest BCUT2D eigenvalue weighted by Crippen LogP contribution is -2.28. The molecular weight excluding hydrogens is 406 g/mol. The number of nitrogens with zero attached hydrogens (tertiary/aromatic N) is 1. The van der Waals surface area contributed by atoms with E-state index in [1.54, 1.807) is 34.9 Å². The largest absolute Gasteiger partial charge is 0.332 e. The number of carbonyl (C=O) groups is 1. The standard InChI is InChI=1S/C22H22ClN3O2S/c1-13-7-9-15(12-18(13)23)24-20(27)14-8-10-17-19(11-14)25-22(29)26(21(17)28)16-5-3-2-4-6-16/h7-12,16H,2-6H2,1H3,(H,24,27)(H,25,29). The van der Waals surface area contributed by atoms with E-state index in [1.807, 2.05) is 13.0 Å². The summed E-state index contributed by atoms with van der Waals surface area (Å²) in [4.78, 5) is 28.9. The number of fused-ring (bicyclic) bond motifs is 1. The molecule has 0 bridgehead atoms. The van der Waals surface area contributed by atoms with Crippen molar-refractivity contribution < 1.29 is 4.79 Å². The summed E-state index contributed by atoms with van der Waals surface area (Å²) in [7, 11) is 0. The Kier molecular flexibility index (Phi) is 5.56. The molecule has 0 saturated heterocycles. The van der Waals surface area contributed by atoms with Gasteiger partial charge < -0.3 is 10.3 Å². The number of carbonyl (C=O) groups excluding carboxylic acids is 1. The molecule has 2 aromatic carbocycles. The first-order valence-corrected chi connectivity index (χ1v) is 10.6. The maximum Gasteiger partial charge on any atom is 0.262 e. The van der Waals surface area contributed by atoms with Crippen LogP contribution in [-0.4, -0.2) is 15.5 Å². The van der Waals surface area contributed by atoms with Crippen molar-refractivity contribution in [2.75, 3.05) is 5.32 Å². The number of halogens is 1. The highest BCUT2D eigenvalue weighted by atomic mass is 35.5. The third kappa shape index (κ3) is 4.00. The van der Waals surface area contributed by atoms with Crippen molar-refractivity contribution in [3.63, 3.8) is 0 Å². The average molecular weight is 428 g/mol. The highest BCUT2D eigenvalue weighted by Gasteiger charge is 2.19. The summed E-state index contributed by atoms with van der Waals surface area (Å²) in [5.74, 6) is -0.275. The SMILES string of the molecule is Cc1ccc(NC(=O)c2ccc3c(=O)n(C4CCCCC4)c(=S)[nH]c3c2)cc1Cl. The topological polar surface area (TPSA) is 66.9 Å². The van der Waals surface area contributed by atoms with E-state index in [2.05, 4.69) is 10.3 Å². The molecule has 1 saturated carbocycles. The van der Waals surface area contributed by atoms with Crippen molar-refractivity contribution in [2.45, 2.75) is 45.1 Å². The molecule has 3 aromatic rings. The summed E-state index contributed by atoms with van der Waals surface area (Å²) < 4.78 is 2.13. The van der Waals surface area contributed by atoms with Gasteiger partial charge in [0.05, 0.1) is 10.9 Å². The van der Waals surface area contributed by atoms with Crippen molar-refractivity contribution in [2.24, 2.45) is 0 Å². The van der Waals surface area contributed by atoms with Gasteiger partial charge in [0.1, 0.15) is 0 Å². The fraction of sp³-hybridized carbons (Fsp3) is 0.318. The Balaban J connectivity index is 1.67. The quantitative estimate of drug-likeness (QED) is 0.520. The van der Waals surface area contributed by atoms with Crippen LogP contribution in [0, 0.1) is 11.7 Å². The molecule has 1 amide bonds. The van der Waals surface area contributed by atoms with E-state index < -0.39 is 0 Å². The lowest BCUT2D eigenvalue weighted by Gasteiger charge is -2.24. The van der Waals surface area contributed by atoms with E-state index in [1.165, 1.54) is 6.42 Å².